The Bertz CT molecular complexity index is 3730. The second-order valence-corrected chi connectivity index (χ2v) is 19.0. The third kappa shape index (κ3) is 4.61. The lowest BCUT2D eigenvalue weighted by Gasteiger charge is -2.48. The van der Waals surface area contributed by atoms with Crippen LogP contribution in [-0.4, -0.2) is 0 Å². The molecule has 4 heteroatoms. The summed E-state index contributed by atoms with van der Waals surface area (Å²) in [6.07, 6.45) is 0. The minimum atomic E-state index is -0.609. The number of hydrogen-bond acceptors (Lipinski definition) is 4. The van der Waals surface area contributed by atoms with Crippen LogP contribution in [0.4, 0.5) is 34.1 Å². The first-order valence-corrected chi connectivity index (χ1v) is 24.2. The maximum atomic E-state index is 6.70. The van der Waals surface area contributed by atoms with Crippen LogP contribution in [0.15, 0.2) is 243 Å². The van der Waals surface area contributed by atoms with Crippen molar-refractivity contribution in [2.45, 2.75) is 10.8 Å². The number of hydrogen-bond donors (Lipinski definition) is 0. The Hall–Kier alpha value is -9.12. The zero-order valence-electron chi connectivity index (χ0n) is 37.8. The zero-order valence-corrected chi connectivity index (χ0v) is 37.8. The maximum absolute atomic E-state index is 6.70. The highest BCUT2D eigenvalue weighted by molar-refractivity contribution is 6.28. The van der Waals surface area contributed by atoms with Crippen molar-refractivity contribution in [1.82, 2.24) is 0 Å². The molecule has 12 aromatic rings. The number of benzene rings is 12. The predicted octanol–water partition coefficient (Wildman–Crippen LogP) is 17.1. The van der Waals surface area contributed by atoms with Gasteiger partial charge in [0.15, 0.2) is 0 Å². The highest BCUT2D eigenvalue weighted by Crippen LogP contribution is 2.65. The van der Waals surface area contributed by atoms with Gasteiger partial charge in [-0.15, -0.1) is 0 Å². The van der Waals surface area contributed by atoms with Crippen molar-refractivity contribution in [3.63, 3.8) is 0 Å². The first-order valence-electron chi connectivity index (χ1n) is 24.2. The van der Waals surface area contributed by atoms with E-state index in [2.05, 4.69) is 252 Å². The quantitative estimate of drug-likeness (QED) is 0.161. The Balaban J connectivity index is 0.940. The van der Waals surface area contributed by atoms with E-state index in [0.29, 0.717) is 0 Å². The molecule has 0 aromatic heterocycles. The van der Waals surface area contributed by atoms with Crippen LogP contribution >= 0.6 is 0 Å². The average molecular weight is 893 g/mol. The molecule has 0 atom stereocenters. The minimum absolute atomic E-state index is 0.609. The summed E-state index contributed by atoms with van der Waals surface area (Å²) in [5.41, 5.74) is 15.1. The molecule has 4 aliphatic rings. The summed E-state index contributed by atoms with van der Waals surface area (Å²) in [7, 11) is 0. The summed E-state index contributed by atoms with van der Waals surface area (Å²) in [6.45, 7) is 0. The maximum Gasteiger partial charge on any atom is 0.132 e. The van der Waals surface area contributed by atoms with E-state index in [0.717, 1.165) is 79.4 Å². The summed E-state index contributed by atoms with van der Waals surface area (Å²) < 4.78 is 13.4. The van der Waals surface area contributed by atoms with Crippen LogP contribution < -0.4 is 19.3 Å². The van der Waals surface area contributed by atoms with Crippen LogP contribution in [0.2, 0.25) is 0 Å². The summed E-state index contributed by atoms with van der Waals surface area (Å²) in [5, 5.41) is 7.35. The van der Waals surface area contributed by atoms with E-state index in [-0.39, 0.29) is 0 Å². The summed E-state index contributed by atoms with van der Waals surface area (Å²) >= 11 is 0. The molecule has 12 aromatic carbocycles. The lowest BCUT2D eigenvalue weighted by Crippen LogP contribution is -2.39. The van der Waals surface area contributed by atoms with Gasteiger partial charge in [0.05, 0.1) is 45.0 Å². The molecule has 0 amide bonds. The van der Waals surface area contributed by atoms with Crippen molar-refractivity contribution < 1.29 is 9.47 Å². The molecule has 4 nitrogen and oxygen atoms in total. The molecular weight excluding hydrogens is 853 g/mol. The highest BCUT2D eigenvalue weighted by atomic mass is 16.5. The molecule has 0 saturated heterocycles. The second kappa shape index (κ2) is 13.7. The van der Waals surface area contributed by atoms with E-state index in [1.54, 1.807) is 0 Å². The molecule has 16 rings (SSSR count). The molecule has 0 fully saturated rings. The molecule has 0 N–H and O–H groups in total. The van der Waals surface area contributed by atoms with Gasteiger partial charge in [-0.1, -0.05) is 182 Å². The van der Waals surface area contributed by atoms with E-state index in [4.69, 9.17) is 9.47 Å². The third-order valence-electron chi connectivity index (χ3n) is 15.9. The van der Waals surface area contributed by atoms with Crippen LogP contribution in [0, 0.1) is 0 Å². The number of anilines is 6. The van der Waals surface area contributed by atoms with Crippen molar-refractivity contribution >= 4 is 66.4 Å². The van der Waals surface area contributed by atoms with Gasteiger partial charge in [0.1, 0.15) is 23.0 Å². The lowest BCUT2D eigenvalue weighted by molar-refractivity contribution is 0.434. The molecule has 4 heterocycles. The Labute approximate surface area is 404 Å². The van der Waals surface area contributed by atoms with Crippen LogP contribution in [-0.2, 0) is 10.8 Å². The molecule has 326 valence electrons. The monoisotopic (exact) mass is 892 g/mol. The van der Waals surface area contributed by atoms with Gasteiger partial charge in [0.25, 0.3) is 0 Å². The van der Waals surface area contributed by atoms with Gasteiger partial charge < -0.3 is 19.3 Å². The summed E-state index contributed by atoms with van der Waals surface area (Å²) in [6, 6.07) is 89.1. The Kier molecular flexibility index (Phi) is 7.45. The first kappa shape index (κ1) is 37.9. The molecule has 70 heavy (non-hydrogen) atoms. The standard InChI is InChI=1S/C66H40N2O2/c1-9-25-55-45(17-1)65(49-21-5-13-29-59(49)69-60-30-14-6-22-50(60)65)46-18-2-10-26-56(46)67(55)53-39-35-41-34-38-44-54(40-36-42-33-37-43(53)63(41)64(42)44)68-57-27-11-3-19-47(57)66(48-20-4-12-28-58(48)68)51-23-7-15-31-61(51)70-62-32-16-8-24-52(62)66/h1-40H. The zero-order chi connectivity index (χ0) is 45.7. The largest absolute Gasteiger partial charge is 0.457 e. The third-order valence-corrected chi connectivity index (χ3v) is 15.9. The molecule has 0 saturated carbocycles. The SMILES string of the molecule is c1ccc2c(c1)Oc1ccccc1C21c2ccccc2N(c2ccc3ccc4c(N5c6ccccc6C6(c7ccccc7Oc7ccccc76)c6ccccc65)ccc5ccc2c3c54)c2ccccc21. The van der Waals surface area contributed by atoms with Gasteiger partial charge in [-0.05, 0) is 104 Å². The minimum Gasteiger partial charge on any atom is -0.457 e. The van der Waals surface area contributed by atoms with Crippen molar-refractivity contribution in [3.05, 3.63) is 287 Å². The summed E-state index contributed by atoms with van der Waals surface area (Å²) in [4.78, 5) is 5.03. The molecule has 0 radical (unpaired) electrons. The lowest BCUT2D eigenvalue weighted by atomic mass is 9.61. The molecule has 0 aliphatic carbocycles. The topological polar surface area (TPSA) is 24.9 Å². The average Bonchev–Trinajstić information content (AvgIpc) is 3.42. The smallest absolute Gasteiger partial charge is 0.132 e. The molecule has 2 spiro atoms. The van der Waals surface area contributed by atoms with E-state index in [1.165, 1.54) is 54.6 Å². The first-order chi connectivity index (χ1) is 34.7. The van der Waals surface area contributed by atoms with Gasteiger partial charge in [-0.25, -0.2) is 0 Å². The normalized spacial score (nSPS) is 15.0. The van der Waals surface area contributed by atoms with Crippen molar-refractivity contribution in [3.8, 4) is 23.0 Å². The molecule has 0 bridgehead atoms. The van der Waals surface area contributed by atoms with Crippen LogP contribution in [0.25, 0.3) is 32.3 Å². The van der Waals surface area contributed by atoms with Crippen molar-refractivity contribution in [1.29, 1.82) is 0 Å². The summed E-state index contributed by atoms with van der Waals surface area (Å²) in [5.74, 6) is 3.53. The van der Waals surface area contributed by atoms with Crippen LogP contribution in [0.5, 0.6) is 23.0 Å². The number of fused-ring (bicyclic) bond motifs is 16. The highest BCUT2D eigenvalue weighted by Gasteiger charge is 2.53. The van der Waals surface area contributed by atoms with Gasteiger partial charge in [-0.3, -0.25) is 0 Å². The van der Waals surface area contributed by atoms with E-state index < -0.39 is 10.8 Å². The fraction of sp³-hybridized carbons (Fsp3) is 0.0303. The fourth-order valence-corrected chi connectivity index (χ4v) is 13.3. The molecule has 0 unspecified atom stereocenters. The Morgan fingerprint density at radius 1 is 0.229 bits per heavy atom. The fourth-order valence-electron chi connectivity index (χ4n) is 13.3. The Morgan fingerprint density at radius 3 is 0.800 bits per heavy atom. The number of para-hydroxylation sites is 8. The molecule has 4 aliphatic heterocycles. The van der Waals surface area contributed by atoms with E-state index >= 15 is 0 Å². The predicted molar refractivity (Wildman–Crippen MR) is 283 cm³/mol. The number of rotatable bonds is 2. The van der Waals surface area contributed by atoms with E-state index in [9.17, 15) is 0 Å². The van der Waals surface area contributed by atoms with Crippen molar-refractivity contribution in [2.24, 2.45) is 0 Å². The van der Waals surface area contributed by atoms with Crippen LogP contribution in [0.3, 0.4) is 0 Å². The van der Waals surface area contributed by atoms with Crippen molar-refractivity contribution in [2.75, 3.05) is 9.80 Å². The van der Waals surface area contributed by atoms with Gasteiger partial charge >= 0.3 is 0 Å². The number of nitrogens with zero attached hydrogens (tertiary/aromatic N) is 2. The van der Waals surface area contributed by atoms with E-state index in [1.807, 2.05) is 0 Å². The van der Waals surface area contributed by atoms with Gasteiger partial charge in [0.2, 0.25) is 0 Å². The van der Waals surface area contributed by atoms with Gasteiger partial charge in [-0.2, -0.15) is 0 Å². The second-order valence-electron chi connectivity index (χ2n) is 19.0. The number of ether oxygens (including phenoxy) is 2. The van der Waals surface area contributed by atoms with Crippen LogP contribution in [0.1, 0.15) is 44.5 Å². The molecular formula is C66H40N2O2. The van der Waals surface area contributed by atoms with Gasteiger partial charge in [0, 0.05) is 33.0 Å². The Morgan fingerprint density at radius 2 is 0.486 bits per heavy atom.